The van der Waals surface area contributed by atoms with Crippen LogP contribution >= 0.6 is 11.6 Å². The maximum atomic E-state index is 12.6. The summed E-state index contributed by atoms with van der Waals surface area (Å²) in [6.07, 6.45) is 0. The Kier molecular flexibility index (Phi) is 6.10. The number of carbonyl (C=O) groups is 1. The Morgan fingerprint density at radius 1 is 0.897 bits per heavy atom. The standard InChI is InChI=1S/C23H21ClO4S/c1-15-4-10-21(11-5-15)29(26,27)14-18-6-8-19(9-7-18)23(25)28-20-12-16(2)22(24)17(3)13-20/h4-13H,14H2,1-3H3. The van der Waals surface area contributed by atoms with Gasteiger partial charge in [0.15, 0.2) is 9.84 Å². The molecule has 4 nitrogen and oxygen atoms in total. The van der Waals surface area contributed by atoms with Crippen LogP contribution in [0.15, 0.2) is 65.6 Å². The molecule has 0 N–H and O–H groups in total. The lowest BCUT2D eigenvalue weighted by Crippen LogP contribution is -2.09. The lowest BCUT2D eigenvalue weighted by Gasteiger charge is -2.09. The third kappa shape index (κ3) is 5.05. The molecule has 0 bridgehead atoms. The smallest absolute Gasteiger partial charge is 0.343 e. The van der Waals surface area contributed by atoms with Gasteiger partial charge in [0.2, 0.25) is 0 Å². The van der Waals surface area contributed by atoms with Gasteiger partial charge in [0.25, 0.3) is 0 Å². The number of hydrogen-bond donors (Lipinski definition) is 0. The molecule has 0 aliphatic carbocycles. The van der Waals surface area contributed by atoms with Crippen LogP contribution in [0.3, 0.4) is 0 Å². The molecule has 0 aliphatic heterocycles. The van der Waals surface area contributed by atoms with Crippen LogP contribution in [0.5, 0.6) is 5.75 Å². The van der Waals surface area contributed by atoms with E-state index in [4.69, 9.17) is 16.3 Å². The van der Waals surface area contributed by atoms with Gasteiger partial charge in [-0.2, -0.15) is 0 Å². The van der Waals surface area contributed by atoms with Crippen molar-refractivity contribution in [1.82, 2.24) is 0 Å². The minimum Gasteiger partial charge on any atom is -0.423 e. The second kappa shape index (κ2) is 8.39. The third-order valence-corrected chi connectivity index (χ3v) is 6.85. The predicted octanol–water partition coefficient (Wildman–Crippen LogP) is 5.46. The Bertz CT molecular complexity index is 1130. The SMILES string of the molecule is Cc1ccc(S(=O)(=O)Cc2ccc(C(=O)Oc3cc(C)c(Cl)c(C)c3)cc2)cc1. The average molecular weight is 429 g/mol. The maximum Gasteiger partial charge on any atom is 0.343 e. The topological polar surface area (TPSA) is 60.4 Å². The van der Waals surface area contributed by atoms with E-state index in [1.165, 1.54) is 0 Å². The molecule has 6 heteroatoms. The van der Waals surface area contributed by atoms with E-state index >= 15 is 0 Å². The maximum absolute atomic E-state index is 12.6. The van der Waals surface area contributed by atoms with Crippen LogP contribution in [0, 0.1) is 20.8 Å². The second-order valence-electron chi connectivity index (χ2n) is 7.03. The van der Waals surface area contributed by atoms with E-state index in [1.807, 2.05) is 20.8 Å². The summed E-state index contributed by atoms with van der Waals surface area (Å²) in [4.78, 5) is 12.7. The van der Waals surface area contributed by atoms with E-state index in [0.29, 0.717) is 21.9 Å². The lowest BCUT2D eigenvalue weighted by atomic mass is 10.1. The fourth-order valence-electron chi connectivity index (χ4n) is 2.92. The highest BCUT2D eigenvalue weighted by molar-refractivity contribution is 7.90. The van der Waals surface area contributed by atoms with Crippen molar-refractivity contribution in [2.75, 3.05) is 0 Å². The summed E-state index contributed by atoms with van der Waals surface area (Å²) in [5.41, 5.74) is 3.59. The van der Waals surface area contributed by atoms with Gasteiger partial charge in [-0.3, -0.25) is 0 Å². The summed E-state index contributed by atoms with van der Waals surface area (Å²) in [5, 5.41) is 0.643. The summed E-state index contributed by atoms with van der Waals surface area (Å²) in [6, 6.07) is 16.5. The zero-order chi connectivity index (χ0) is 21.2. The monoisotopic (exact) mass is 428 g/mol. The zero-order valence-electron chi connectivity index (χ0n) is 16.4. The van der Waals surface area contributed by atoms with Crippen LogP contribution < -0.4 is 4.74 Å². The van der Waals surface area contributed by atoms with E-state index < -0.39 is 15.8 Å². The minimum atomic E-state index is -3.45. The number of ether oxygens (including phenoxy) is 1. The van der Waals surface area contributed by atoms with Crippen LogP contribution in [0.1, 0.15) is 32.6 Å². The normalized spacial score (nSPS) is 11.3. The number of rotatable bonds is 5. The number of benzene rings is 3. The summed E-state index contributed by atoms with van der Waals surface area (Å²) < 4.78 is 30.5. The first-order chi connectivity index (χ1) is 13.7. The first kappa shape index (κ1) is 21.1. The van der Waals surface area contributed by atoms with E-state index in [-0.39, 0.29) is 10.6 Å². The fourth-order valence-corrected chi connectivity index (χ4v) is 4.37. The molecule has 0 heterocycles. The molecule has 0 aliphatic rings. The van der Waals surface area contributed by atoms with Crippen molar-refractivity contribution >= 4 is 27.4 Å². The van der Waals surface area contributed by atoms with Crippen molar-refractivity contribution in [3.63, 3.8) is 0 Å². The van der Waals surface area contributed by atoms with Gasteiger partial charge in [0, 0.05) is 5.02 Å². The largest absolute Gasteiger partial charge is 0.423 e. The molecule has 0 fully saturated rings. The number of esters is 1. The summed E-state index contributed by atoms with van der Waals surface area (Å²) in [7, 11) is -3.45. The van der Waals surface area contributed by atoms with E-state index in [9.17, 15) is 13.2 Å². The zero-order valence-corrected chi connectivity index (χ0v) is 18.0. The number of hydrogen-bond acceptors (Lipinski definition) is 4. The van der Waals surface area contributed by atoms with Crippen molar-refractivity contribution in [2.45, 2.75) is 31.4 Å². The molecule has 3 rings (SSSR count). The van der Waals surface area contributed by atoms with Crippen LogP contribution in [0.25, 0.3) is 0 Å². The highest BCUT2D eigenvalue weighted by Gasteiger charge is 2.16. The summed E-state index contributed by atoms with van der Waals surface area (Å²) in [6.45, 7) is 5.59. The Balaban J connectivity index is 1.72. The van der Waals surface area contributed by atoms with Gasteiger partial charge in [0.1, 0.15) is 5.75 Å². The summed E-state index contributed by atoms with van der Waals surface area (Å²) in [5.74, 6) is -0.236. The quantitative estimate of drug-likeness (QED) is 0.400. The fraction of sp³-hybridized carbons (Fsp3) is 0.174. The van der Waals surface area contributed by atoms with Crippen molar-refractivity contribution in [3.8, 4) is 5.75 Å². The number of carbonyl (C=O) groups excluding carboxylic acids is 1. The highest BCUT2D eigenvalue weighted by atomic mass is 35.5. The van der Waals surface area contributed by atoms with E-state index in [1.54, 1.807) is 60.7 Å². The molecule has 0 saturated heterocycles. The Hall–Kier alpha value is -2.63. The molecule has 3 aromatic carbocycles. The number of halogens is 1. The predicted molar refractivity (Wildman–Crippen MR) is 114 cm³/mol. The molecule has 150 valence electrons. The number of sulfone groups is 1. The molecule has 0 radical (unpaired) electrons. The molecule has 0 saturated carbocycles. The van der Waals surface area contributed by atoms with Gasteiger partial charge in [-0.25, -0.2) is 13.2 Å². The van der Waals surface area contributed by atoms with Gasteiger partial charge >= 0.3 is 5.97 Å². The molecule has 0 unspecified atom stereocenters. The van der Waals surface area contributed by atoms with Crippen molar-refractivity contribution in [3.05, 3.63) is 93.5 Å². The minimum absolute atomic E-state index is 0.138. The van der Waals surface area contributed by atoms with Crippen LogP contribution in [0.2, 0.25) is 5.02 Å². The van der Waals surface area contributed by atoms with Crippen molar-refractivity contribution in [2.24, 2.45) is 0 Å². The Morgan fingerprint density at radius 3 is 2.00 bits per heavy atom. The number of aryl methyl sites for hydroxylation is 3. The first-order valence-corrected chi connectivity index (χ1v) is 11.1. The molecule has 0 spiro atoms. The van der Waals surface area contributed by atoms with Crippen molar-refractivity contribution < 1.29 is 17.9 Å². The molecule has 0 aromatic heterocycles. The molecule has 0 amide bonds. The van der Waals surface area contributed by atoms with Gasteiger partial charge in [-0.15, -0.1) is 0 Å². The Labute approximate surface area is 176 Å². The molecular formula is C23H21ClO4S. The highest BCUT2D eigenvalue weighted by Crippen LogP contribution is 2.26. The van der Waals surface area contributed by atoms with Crippen LogP contribution in [-0.4, -0.2) is 14.4 Å². The Morgan fingerprint density at radius 2 is 1.45 bits per heavy atom. The second-order valence-corrected chi connectivity index (χ2v) is 9.40. The molecule has 3 aromatic rings. The van der Waals surface area contributed by atoms with Gasteiger partial charge < -0.3 is 4.74 Å². The van der Waals surface area contributed by atoms with Crippen LogP contribution in [-0.2, 0) is 15.6 Å². The van der Waals surface area contributed by atoms with Gasteiger partial charge in [-0.1, -0.05) is 41.4 Å². The van der Waals surface area contributed by atoms with E-state index in [0.717, 1.165) is 16.7 Å². The lowest BCUT2D eigenvalue weighted by molar-refractivity contribution is 0.0734. The molecule has 0 atom stereocenters. The average Bonchev–Trinajstić information content (AvgIpc) is 2.66. The van der Waals surface area contributed by atoms with E-state index in [2.05, 4.69) is 0 Å². The first-order valence-electron chi connectivity index (χ1n) is 9.03. The van der Waals surface area contributed by atoms with Crippen molar-refractivity contribution in [1.29, 1.82) is 0 Å². The molecule has 29 heavy (non-hydrogen) atoms. The third-order valence-electron chi connectivity index (χ3n) is 4.55. The molecular weight excluding hydrogens is 408 g/mol. The van der Waals surface area contributed by atoms with Gasteiger partial charge in [-0.05, 0) is 73.9 Å². The van der Waals surface area contributed by atoms with Gasteiger partial charge in [0.05, 0.1) is 16.2 Å². The summed E-state index contributed by atoms with van der Waals surface area (Å²) >= 11 is 6.14. The van der Waals surface area contributed by atoms with Crippen LogP contribution in [0.4, 0.5) is 0 Å².